The molecule has 3 unspecified atom stereocenters. The molecule has 0 saturated heterocycles. The standard InChI is InChI=1S/C16H31NO/c1-4-13-7-5-9-15(11-13,12-17)16(18)10-6-8-14(16,2)3/h13,18H,4-12,17H2,1-3H3. The molecule has 18 heavy (non-hydrogen) atoms. The molecule has 2 nitrogen and oxygen atoms in total. The molecule has 0 amide bonds. The molecule has 2 aliphatic rings. The fraction of sp³-hybridized carbons (Fsp3) is 1.00. The lowest BCUT2D eigenvalue weighted by atomic mass is 9.54. The predicted octanol–water partition coefficient (Wildman–Crippen LogP) is 3.47. The van der Waals surface area contributed by atoms with Crippen LogP contribution in [0.2, 0.25) is 0 Å². The van der Waals surface area contributed by atoms with Gasteiger partial charge in [0.1, 0.15) is 0 Å². The minimum absolute atomic E-state index is 0.0219. The molecule has 2 fully saturated rings. The Morgan fingerprint density at radius 2 is 1.89 bits per heavy atom. The van der Waals surface area contributed by atoms with E-state index in [2.05, 4.69) is 20.8 Å². The number of nitrogens with two attached hydrogens (primary N) is 1. The van der Waals surface area contributed by atoms with Crippen LogP contribution < -0.4 is 5.73 Å². The third-order valence-corrected chi connectivity index (χ3v) is 6.25. The van der Waals surface area contributed by atoms with E-state index in [1.165, 1.54) is 19.3 Å². The molecule has 2 rings (SSSR count). The molecule has 0 bridgehead atoms. The van der Waals surface area contributed by atoms with E-state index in [9.17, 15) is 5.11 Å². The van der Waals surface area contributed by atoms with E-state index in [0.29, 0.717) is 6.54 Å². The predicted molar refractivity (Wildman–Crippen MR) is 76.3 cm³/mol. The van der Waals surface area contributed by atoms with Crippen molar-refractivity contribution in [3.05, 3.63) is 0 Å². The smallest absolute Gasteiger partial charge is 0.0766 e. The minimum Gasteiger partial charge on any atom is -0.389 e. The Labute approximate surface area is 112 Å². The van der Waals surface area contributed by atoms with Crippen molar-refractivity contribution in [3.63, 3.8) is 0 Å². The summed E-state index contributed by atoms with van der Waals surface area (Å²) in [6.45, 7) is 7.42. The van der Waals surface area contributed by atoms with Gasteiger partial charge in [0.2, 0.25) is 0 Å². The molecule has 2 heteroatoms. The van der Waals surface area contributed by atoms with Gasteiger partial charge in [0.15, 0.2) is 0 Å². The Bertz CT molecular complexity index is 301. The average Bonchev–Trinajstić information content (AvgIpc) is 2.65. The zero-order valence-corrected chi connectivity index (χ0v) is 12.5. The second-order valence-electron chi connectivity index (χ2n) is 7.45. The summed E-state index contributed by atoms with van der Waals surface area (Å²) in [4.78, 5) is 0. The molecule has 0 heterocycles. The lowest BCUT2D eigenvalue weighted by molar-refractivity contribution is -0.162. The lowest BCUT2D eigenvalue weighted by Crippen LogP contribution is -2.59. The summed E-state index contributed by atoms with van der Waals surface area (Å²) >= 11 is 0. The first-order chi connectivity index (χ1) is 8.41. The maximum Gasteiger partial charge on any atom is 0.0766 e. The van der Waals surface area contributed by atoms with Crippen molar-refractivity contribution in [1.82, 2.24) is 0 Å². The average molecular weight is 253 g/mol. The molecule has 2 saturated carbocycles. The van der Waals surface area contributed by atoms with Crippen LogP contribution in [-0.4, -0.2) is 17.3 Å². The van der Waals surface area contributed by atoms with Gasteiger partial charge in [-0.05, 0) is 43.4 Å². The highest BCUT2D eigenvalue weighted by atomic mass is 16.3. The summed E-state index contributed by atoms with van der Waals surface area (Å²) < 4.78 is 0. The molecule has 0 spiro atoms. The summed E-state index contributed by atoms with van der Waals surface area (Å²) in [6.07, 6.45) is 9.32. The van der Waals surface area contributed by atoms with Crippen LogP contribution >= 0.6 is 0 Å². The van der Waals surface area contributed by atoms with Crippen LogP contribution in [0.3, 0.4) is 0 Å². The number of rotatable bonds is 3. The summed E-state index contributed by atoms with van der Waals surface area (Å²) in [5, 5.41) is 11.4. The van der Waals surface area contributed by atoms with Gasteiger partial charge in [0, 0.05) is 12.0 Å². The molecule has 0 aliphatic heterocycles. The molecular weight excluding hydrogens is 222 g/mol. The van der Waals surface area contributed by atoms with Crippen LogP contribution in [0.5, 0.6) is 0 Å². The Morgan fingerprint density at radius 1 is 1.17 bits per heavy atom. The first-order valence-electron chi connectivity index (χ1n) is 7.83. The fourth-order valence-electron chi connectivity index (χ4n) is 4.88. The van der Waals surface area contributed by atoms with Crippen LogP contribution in [0.1, 0.15) is 72.1 Å². The molecule has 106 valence electrons. The Morgan fingerprint density at radius 3 is 2.39 bits per heavy atom. The van der Waals surface area contributed by atoms with Crippen molar-refractivity contribution in [2.45, 2.75) is 77.7 Å². The van der Waals surface area contributed by atoms with E-state index in [0.717, 1.165) is 38.0 Å². The van der Waals surface area contributed by atoms with Gasteiger partial charge in [-0.3, -0.25) is 0 Å². The summed E-state index contributed by atoms with van der Waals surface area (Å²) in [5.41, 5.74) is 5.65. The maximum atomic E-state index is 11.4. The zero-order valence-electron chi connectivity index (χ0n) is 12.5. The van der Waals surface area contributed by atoms with Gasteiger partial charge in [0.05, 0.1) is 5.60 Å². The third-order valence-electron chi connectivity index (χ3n) is 6.25. The van der Waals surface area contributed by atoms with Gasteiger partial charge < -0.3 is 10.8 Å². The van der Waals surface area contributed by atoms with Gasteiger partial charge in [-0.2, -0.15) is 0 Å². The van der Waals surface area contributed by atoms with E-state index < -0.39 is 5.60 Å². The quantitative estimate of drug-likeness (QED) is 0.809. The normalized spacial score (nSPS) is 44.2. The Balaban J connectivity index is 2.31. The van der Waals surface area contributed by atoms with Gasteiger partial charge in [-0.1, -0.05) is 40.0 Å². The van der Waals surface area contributed by atoms with Crippen molar-refractivity contribution in [2.75, 3.05) is 6.54 Å². The Hall–Kier alpha value is -0.0800. The molecule has 0 aromatic rings. The van der Waals surface area contributed by atoms with E-state index in [1.54, 1.807) is 0 Å². The van der Waals surface area contributed by atoms with E-state index in [1.807, 2.05) is 0 Å². The van der Waals surface area contributed by atoms with E-state index in [-0.39, 0.29) is 10.8 Å². The molecule has 0 aromatic carbocycles. The van der Waals surface area contributed by atoms with Crippen molar-refractivity contribution in [2.24, 2.45) is 22.5 Å². The van der Waals surface area contributed by atoms with Gasteiger partial charge >= 0.3 is 0 Å². The monoisotopic (exact) mass is 253 g/mol. The van der Waals surface area contributed by atoms with Crippen LogP contribution in [0.4, 0.5) is 0 Å². The van der Waals surface area contributed by atoms with E-state index in [4.69, 9.17) is 5.73 Å². The summed E-state index contributed by atoms with van der Waals surface area (Å²) in [7, 11) is 0. The van der Waals surface area contributed by atoms with Crippen LogP contribution in [0.25, 0.3) is 0 Å². The third kappa shape index (κ3) is 1.92. The first kappa shape index (κ1) is 14.3. The van der Waals surface area contributed by atoms with Crippen molar-refractivity contribution in [1.29, 1.82) is 0 Å². The highest BCUT2D eigenvalue weighted by Gasteiger charge is 2.60. The van der Waals surface area contributed by atoms with Crippen LogP contribution in [-0.2, 0) is 0 Å². The van der Waals surface area contributed by atoms with E-state index >= 15 is 0 Å². The molecule has 0 aromatic heterocycles. The number of hydrogen-bond acceptors (Lipinski definition) is 2. The lowest BCUT2D eigenvalue weighted by Gasteiger charge is -2.55. The van der Waals surface area contributed by atoms with Crippen molar-refractivity contribution < 1.29 is 5.11 Å². The molecule has 3 atom stereocenters. The second-order valence-corrected chi connectivity index (χ2v) is 7.45. The highest BCUT2D eigenvalue weighted by Crippen LogP contribution is 2.60. The SMILES string of the molecule is CCC1CCCC(CN)(C2(O)CCCC2(C)C)C1. The topological polar surface area (TPSA) is 46.2 Å². The maximum absolute atomic E-state index is 11.4. The van der Waals surface area contributed by atoms with Crippen molar-refractivity contribution >= 4 is 0 Å². The van der Waals surface area contributed by atoms with Crippen LogP contribution in [0, 0.1) is 16.7 Å². The summed E-state index contributed by atoms with van der Waals surface area (Å²) in [6, 6.07) is 0. The zero-order chi connectivity index (χ0) is 13.4. The molecular formula is C16H31NO. The largest absolute Gasteiger partial charge is 0.389 e. The fourth-order valence-corrected chi connectivity index (χ4v) is 4.88. The highest BCUT2D eigenvalue weighted by molar-refractivity contribution is 5.11. The number of hydrogen-bond donors (Lipinski definition) is 2. The molecule has 2 aliphatic carbocycles. The Kier molecular flexibility index (Phi) is 3.81. The van der Waals surface area contributed by atoms with Gasteiger partial charge in [-0.15, -0.1) is 0 Å². The molecule has 0 radical (unpaired) electrons. The second kappa shape index (κ2) is 4.79. The minimum atomic E-state index is -0.539. The number of aliphatic hydroxyl groups is 1. The van der Waals surface area contributed by atoms with Gasteiger partial charge in [-0.25, -0.2) is 0 Å². The first-order valence-corrected chi connectivity index (χ1v) is 7.83. The van der Waals surface area contributed by atoms with Crippen LogP contribution in [0.15, 0.2) is 0 Å². The van der Waals surface area contributed by atoms with Crippen molar-refractivity contribution in [3.8, 4) is 0 Å². The summed E-state index contributed by atoms with van der Waals surface area (Å²) in [5.74, 6) is 0.766. The van der Waals surface area contributed by atoms with Gasteiger partial charge in [0.25, 0.3) is 0 Å². The molecule has 3 N–H and O–H groups in total.